The van der Waals surface area contributed by atoms with Crippen LogP contribution in [0.1, 0.15) is 12.8 Å². The second-order valence-corrected chi connectivity index (χ2v) is 5.70. The fourth-order valence-electron chi connectivity index (χ4n) is 2.33. The van der Waals surface area contributed by atoms with Gasteiger partial charge in [-0.3, -0.25) is 9.69 Å². The second kappa shape index (κ2) is 5.20. The predicted octanol–water partition coefficient (Wildman–Crippen LogP) is 0.913. The maximum Gasteiger partial charge on any atom is 0.441 e. The van der Waals surface area contributed by atoms with Crippen LogP contribution in [0, 0.1) is 0 Å². The Morgan fingerprint density at radius 3 is 2.68 bits per heavy atom. The van der Waals surface area contributed by atoms with Gasteiger partial charge in [-0.2, -0.15) is 13.2 Å². The molecular weight excluding hydrogens is 283 g/mol. The minimum Gasteiger partial charge on any atom is -0.322 e. The number of nitrogens with one attached hydrogen (secondary N) is 2. The molecule has 3 amide bonds. The zero-order valence-electron chi connectivity index (χ0n) is 10.0. The Hall–Kier alpha value is -0.960. The van der Waals surface area contributed by atoms with Crippen molar-refractivity contribution < 1.29 is 22.8 Å². The van der Waals surface area contributed by atoms with Crippen molar-refractivity contribution in [3.63, 3.8) is 0 Å². The first-order valence-corrected chi connectivity index (χ1v) is 6.88. The topological polar surface area (TPSA) is 61.4 Å². The van der Waals surface area contributed by atoms with Gasteiger partial charge in [0.25, 0.3) is 5.91 Å². The van der Waals surface area contributed by atoms with Crippen LogP contribution in [-0.2, 0) is 4.79 Å². The van der Waals surface area contributed by atoms with Crippen LogP contribution < -0.4 is 10.6 Å². The summed E-state index contributed by atoms with van der Waals surface area (Å²) in [7, 11) is 0. The van der Waals surface area contributed by atoms with E-state index >= 15 is 0 Å². The van der Waals surface area contributed by atoms with Crippen LogP contribution in [0.2, 0.25) is 0 Å². The lowest BCUT2D eigenvalue weighted by atomic mass is 9.90. The molecule has 108 valence electrons. The molecule has 2 aliphatic heterocycles. The number of halogens is 3. The molecule has 0 aromatic heterocycles. The fourth-order valence-corrected chi connectivity index (χ4v) is 2.83. The van der Waals surface area contributed by atoms with Gasteiger partial charge >= 0.3 is 11.5 Å². The summed E-state index contributed by atoms with van der Waals surface area (Å²) < 4.78 is 36.1. The van der Waals surface area contributed by atoms with Crippen molar-refractivity contribution in [3.05, 3.63) is 0 Å². The van der Waals surface area contributed by atoms with Gasteiger partial charge in [-0.15, -0.1) is 0 Å². The van der Waals surface area contributed by atoms with E-state index in [1.165, 1.54) is 0 Å². The van der Waals surface area contributed by atoms with E-state index in [2.05, 4.69) is 10.6 Å². The molecule has 1 atom stereocenters. The molecule has 0 aliphatic carbocycles. The van der Waals surface area contributed by atoms with Crippen molar-refractivity contribution in [1.29, 1.82) is 0 Å². The zero-order chi connectivity index (χ0) is 14.1. The normalized spacial score (nSPS) is 28.1. The summed E-state index contributed by atoms with van der Waals surface area (Å²) in [6.07, 6.45) is 1.27. The highest BCUT2D eigenvalue weighted by atomic mass is 32.2. The molecule has 1 spiro atoms. The third kappa shape index (κ3) is 3.14. The van der Waals surface area contributed by atoms with Gasteiger partial charge in [0.05, 0.1) is 0 Å². The maximum absolute atomic E-state index is 12.2. The molecule has 0 saturated carbocycles. The highest BCUT2D eigenvalue weighted by Gasteiger charge is 2.51. The van der Waals surface area contributed by atoms with Crippen LogP contribution >= 0.6 is 11.8 Å². The molecule has 0 aromatic rings. The first-order valence-electron chi connectivity index (χ1n) is 5.90. The largest absolute Gasteiger partial charge is 0.441 e. The van der Waals surface area contributed by atoms with Crippen LogP contribution in [0.3, 0.4) is 0 Å². The van der Waals surface area contributed by atoms with Crippen molar-refractivity contribution >= 4 is 23.7 Å². The van der Waals surface area contributed by atoms with Gasteiger partial charge in [0.2, 0.25) is 0 Å². The molecule has 0 bridgehead atoms. The number of hydrogen-bond donors (Lipinski definition) is 2. The number of rotatable bonds is 3. The van der Waals surface area contributed by atoms with E-state index in [1.54, 1.807) is 0 Å². The molecule has 2 N–H and O–H groups in total. The van der Waals surface area contributed by atoms with E-state index in [-0.39, 0.29) is 24.1 Å². The van der Waals surface area contributed by atoms with E-state index in [0.29, 0.717) is 13.0 Å². The number of piperidine rings is 1. The van der Waals surface area contributed by atoms with E-state index in [9.17, 15) is 22.8 Å². The SMILES string of the molecule is O=C1NC2(CCCNC2)C(=O)N1CCSC(F)(F)F. The summed E-state index contributed by atoms with van der Waals surface area (Å²) in [6.45, 7) is 0.881. The van der Waals surface area contributed by atoms with Crippen molar-refractivity contribution in [2.75, 3.05) is 25.4 Å². The summed E-state index contributed by atoms with van der Waals surface area (Å²) in [5, 5.41) is 5.62. The van der Waals surface area contributed by atoms with Gasteiger partial charge in [-0.05, 0) is 31.1 Å². The average Bonchev–Trinajstić information content (AvgIpc) is 2.53. The number of imide groups is 1. The number of amides is 3. The third-order valence-corrected chi connectivity index (χ3v) is 3.92. The third-order valence-electron chi connectivity index (χ3n) is 3.21. The van der Waals surface area contributed by atoms with Crippen LogP contribution in [-0.4, -0.2) is 53.3 Å². The molecule has 2 aliphatic rings. The lowest BCUT2D eigenvalue weighted by Gasteiger charge is -2.31. The Labute approximate surface area is 112 Å². The van der Waals surface area contributed by atoms with E-state index in [4.69, 9.17) is 0 Å². The van der Waals surface area contributed by atoms with Gasteiger partial charge in [0.15, 0.2) is 0 Å². The van der Waals surface area contributed by atoms with Crippen LogP contribution in [0.4, 0.5) is 18.0 Å². The Kier molecular flexibility index (Phi) is 3.95. The maximum atomic E-state index is 12.2. The van der Waals surface area contributed by atoms with Gasteiger partial charge in [-0.25, -0.2) is 4.79 Å². The second-order valence-electron chi connectivity index (χ2n) is 4.54. The molecule has 2 saturated heterocycles. The average molecular weight is 297 g/mol. The number of alkyl halides is 3. The Morgan fingerprint density at radius 1 is 1.37 bits per heavy atom. The Balaban J connectivity index is 1.95. The lowest BCUT2D eigenvalue weighted by molar-refractivity contribution is -0.131. The minimum absolute atomic E-state index is 0.226. The van der Waals surface area contributed by atoms with E-state index < -0.39 is 23.0 Å². The standard InChI is InChI=1S/C10H14F3N3O2S/c11-10(12,13)19-5-4-16-7(17)9(15-8(16)18)2-1-3-14-6-9/h14H,1-6H2,(H,15,18). The van der Waals surface area contributed by atoms with Gasteiger partial charge < -0.3 is 10.6 Å². The van der Waals surface area contributed by atoms with Crippen molar-refractivity contribution in [2.45, 2.75) is 23.9 Å². The predicted molar refractivity (Wildman–Crippen MR) is 63.6 cm³/mol. The molecule has 2 fully saturated rings. The molecule has 5 nitrogen and oxygen atoms in total. The first kappa shape index (κ1) is 14.4. The molecular formula is C10H14F3N3O2S. The molecule has 2 heterocycles. The molecule has 19 heavy (non-hydrogen) atoms. The van der Waals surface area contributed by atoms with Crippen LogP contribution in [0.25, 0.3) is 0 Å². The molecule has 9 heteroatoms. The summed E-state index contributed by atoms with van der Waals surface area (Å²) in [4.78, 5) is 24.7. The number of carbonyl (C=O) groups excluding carboxylic acids is 2. The van der Waals surface area contributed by atoms with Crippen LogP contribution in [0.15, 0.2) is 0 Å². The molecule has 0 aromatic carbocycles. The summed E-state index contributed by atoms with van der Waals surface area (Å²) >= 11 is -0.230. The number of carbonyl (C=O) groups is 2. The number of thioether (sulfide) groups is 1. The zero-order valence-corrected chi connectivity index (χ0v) is 10.9. The smallest absolute Gasteiger partial charge is 0.322 e. The molecule has 2 rings (SSSR count). The van der Waals surface area contributed by atoms with Crippen molar-refractivity contribution in [2.24, 2.45) is 0 Å². The Morgan fingerprint density at radius 2 is 2.11 bits per heavy atom. The quantitative estimate of drug-likeness (QED) is 0.760. The van der Waals surface area contributed by atoms with E-state index in [0.717, 1.165) is 17.9 Å². The summed E-state index contributed by atoms with van der Waals surface area (Å²) in [5.41, 5.74) is -5.30. The summed E-state index contributed by atoms with van der Waals surface area (Å²) in [6, 6.07) is -0.600. The van der Waals surface area contributed by atoms with Gasteiger partial charge in [0.1, 0.15) is 5.54 Å². The van der Waals surface area contributed by atoms with Gasteiger partial charge in [0, 0.05) is 18.8 Å². The first-order chi connectivity index (χ1) is 8.84. The van der Waals surface area contributed by atoms with Gasteiger partial charge in [-0.1, -0.05) is 0 Å². The fraction of sp³-hybridized carbons (Fsp3) is 0.800. The highest BCUT2D eigenvalue weighted by Crippen LogP contribution is 2.31. The van der Waals surface area contributed by atoms with Crippen LogP contribution in [0.5, 0.6) is 0 Å². The monoisotopic (exact) mass is 297 g/mol. The minimum atomic E-state index is -4.34. The lowest BCUT2D eigenvalue weighted by Crippen LogP contribution is -2.57. The molecule has 1 unspecified atom stereocenters. The molecule has 0 radical (unpaired) electrons. The van der Waals surface area contributed by atoms with Crippen molar-refractivity contribution in [3.8, 4) is 0 Å². The summed E-state index contributed by atoms with van der Waals surface area (Å²) in [5.74, 6) is -0.765. The van der Waals surface area contributed by atoms with E-state index in [1.807, 2.05) is 0 Å². The number of urea groups is 1. The highest BCUT2D eigenvalue weighted by molar-refractivity contribution is 8.00. The number of hydrogen-bond acceptors (Lipinski definition) is 4. The van der Waals surface area contributed by atoms with Crippen molar-refractivity contribution in [1.82, 2.24) is 15.5 Å². The number of nitrogens with zero attached hydrogens (tertiary/aromatic N) is 1. The Bertz CT molecular complexity index is 383.